The molecular weight excluding hydrogens is 174 g/mol. The maximum atomic E-state index is 5.67. The molecule has 0 N–H and O–H groups in total. The fourth-order valence-corrected chi connectivity index (χ4v) is 2.80. The number of ether oxygens (including phenoxy) is 1. The predicted molar refractivity (Wildman–Crippen MR) is 58.4 cm³/mol. The van der Waals surface area contributed by atoms with Crippen molar-refractivity contribution in [3.05, 3.63) is 0 Å². The molecule has 0 aromatic carbocycles. The van der Waals surface area contributed by atoms with E-state index in [4.69, 9.17) is 4.74 Å². The number of rotatable bonds is 1. The summed E-state index contributed by atoms with van der Waals surface area (Å²) in [6.07, 6.45) is 6.86. The number of hydrogen-bond acceptors (Lipinski definition) is 2. The van der Waals surface area contributed by atoms with Gasteiger partial charge in [0.25, 0.3) is 0 Å². The van der Waals surface area contributed by atoms with E-state index in [9.17, 15) is 0 Å². The van der Waals surface area contributed by atoms with E-state index in [1.807, 2.05) is 0 Å². The summed E-state index contributed by atoms with van der Waals surface area (Å²) in [6, 6.07) is 0. The molecule has 0 aromatic heterocycles. The van der Waals surface area contributed by atoms with Crippen molar-refractivity contribution < 1.29 is 4.74 Å². The topological polar surface area (TPSA) is 12.5 Å². The maximum Gasteiger partial charge on any atom is 0.0496 e. The first-order valence-corrected chi connectivity index (χ1v) is 6.12. The van der Waals surface area contributed by atoms with Crippen LogP contribution in [0.1, 0.15) is 32.1 Å². The van der Waals surface area contributed by atoms with Gasteiger partial charge in [0, 0.05) is 13.2 Å². The number of nitrogens with zero attached hydrogens (tertiary/aromatic N) is 1. The van der Waals surface area contributed by atoms with Gasteiger partial charge in [0.05, 0.1) is 0 Å². The molecule has 2 fully saturated rings. The van der Waals surface area contributed by atoms with E-state index >= 15 is 0 Å². The minimum absolute atomic E-state index is 0.867. The van der Waals surface area contributed by atoms with Crippen LogP contribution in [0.4, 0.5) is 0 Å². The normalized spacial score (nSPS) is 32.8. The highest BCUT2D eigenvalue weighted by Crippen LogP contribution is 2.29. The van der Waals surface area contributed by atoms with Crippen LogP contribution in [0.3, 0.4) is 0 Å². The van der Waals surface area contributed by atoms with Crippen molar-refractivity contribution in [3.8, 4) is 0 Å². The molecule has 2 saturated heterocycles. The second-order valence-electron chi connectivity index (χ2n) is 4.97. The van der Waals surface area contributed by atoms with Crippen molar-refractivity contribution >= 4 is 0 Å². The number of likely N-dealkylation sites (tertiary alicyclic amines) is 1. The minimum Gasteiger partial charge on any atom is -0.381 e. The third kappa shape index (κ3) is 2.71. The summed E-state index contributed by atoms with van der Waals surface area (Å²) in [5, 5.41) is 0. The average molecular weight is 197 g/mol. The van der Waals surface area contributed by atoms with Crippen LogP contribution in [0.2, 0.25) is 0 Å². The largest absolute Gasteiger partial charge is 0.381 e. The number of piperidine rings is 1. The lowest BCUT2D eigenvalue weighted by Gasteiger charge is -2.33. The fraction of sp³-hybridized carbons (Fsp3) is 1.00. The summed E-state index contributed by atoms with van der Waals surface area (Å²) in [5.41, 5.74) is 0. The van der Waals surface area contributed by atoms with Crippen LogP contribution in [0.5, 0.6) is 0 Å². The van der Waals surface area contributed by atoms with Crippen LogP contribution in [0.25, 0.3) is 0 Å². The second kappa shape index (κ2) is 5.13. The molecule has 1 atom stereocenters. The lowest BCUT2D eigenvalue weighted by atomic mass is 9.82. The molecule has 2 nitrogen and oxygen atoms in total. The number of hydrogen-bond donors (Lipinski definition) is 0. The third-order valence-corrected chi connectivity index (χ3v) is 3.88. The van der Waals surface area contributed by atoms with Gasteiger partial charge in [0.15, 0.2) is 0 Å². The van der Waals surface area contributed by atoms with E-state index < -0.39 is 0 Å². The zero-order valence-electron chi connectivity index (χ0n) is 9.37. The Morgan fingerprint density at radius 3 is 2.57 bits per heavy atom. The van der Waals surface area contributed by atoms with Crippen LogP contribution >= 0.6 is 0 Å². The molecule has 0 saturated carbocycles. The first kappa shape index (κ1) is 10.4. The molecule has 0 aromatic rings. The molecule has 82 valence electrons. The van der Waals surface area contributed by atoms with E-state index in [2.05, 4.69) is 11.9 Å². The van der Waals surface area contributed by atoms with Crippen LogP contribution in [-0.2, 0) is 4.74 Å². The van der Waals surface area contributed by atoms with Gasteiger partial charge in [-0.15, -0.1) is 0 Å². The third-order valence-electron chi connectivity index (χ3n) is 3.88. The molecule has 2 aliphatic rings. The molecule has 0 radical (unpaired) electrons. The SMILES string of the molecule is CN1CCC(C2CCCCOC2)CC1. The summed E-state index contributed by atoms with van der Waals surface area (Å²) in [4.78, 5) is 2.45. The van der Waals surface area contributed by atoms with Gasteiger partial charge in [0.1, 0.15) is 0 Å². The first-order chi connectivity index (χ1) is 6.86. The monoisotopic (exact) mass is 197 g/mol. The van der Waals surface area contributed by atoms with Gasteiger partial charge >= 0.3 is 0 Å². The molecule has 0 bridgehead atoms. The highest BCUT2D eigenvalue weighted by atomic mass is 16.5. The Kier molecular flexibility index (Phi) is 3.82. The van der Waals surface area contributed by atoms with Crippen molar-refractivity contribution in [3.63, 3.8) is 0 Å². The van der Waals surface area contributed by atoms with Crippen molar-refractivity contribution in [2.45, 2.75) is 32.1 Å². The summed E-state index contributed by atoms with van der Waals surface area (Å²) < 4.78 is 5.67. The Hall–Kier alpha value is -0.0800. The quantitative estimate of drug-likeness (QED) is 0.638. The first-order valence-electron chi connectivity index (χ1n) is 6.12. The molecule has 14 heavy (non-hydrogen) atoms. The van der Waals surface area contributed by atoms with Gasteiger partial charge in [-0.25, -0.2) is 0 Å². The highest BCUT2D eigenvalue weighted by molar-refractivity contribution is 4.77. The molecule has 0 amide bonds. The van der Waals surface area contributed by atoms with E-state index in [0.29, 0.717) is 0 Å². The Balaban J connectivity index is 1.81. The van der Waals surface area contributed by atoms with Gasteiger partial charge in [-0.2, -0.15) is 0 Å². The Bertz CT molecular complexity index is 156. The average Bonchev–Trinajstić information content (AvgIpc) is 2.47. The van der Waals surface area contributed by atoms with Crippen molar-refractivity contribution in [2.24, 2.45) is 11.8 Å². The summed E-state index contributed by atoms with van der Waals surface area (Å²) in [6.45, 7) is 4.62. The second-order valence-corrected chi connectivity index (χ2v) is 4.97. The molecule has 0 spiro atoms. The lowest BCUT2D eigenvalue weighted by molar-refractivity contribution is 0.0721. The molecule has 2 heteroatoms. The molecule has 1 unspecified atom stereocenters. The van der Waals surface area contributed by atoms with Crippen LogP contribution < -0.4 is 0 Å². The molecule has 2 aliphatic heterocycles. The smallest absolute Gasteiger partial charge is 0.0496 e. The molecule has 2 heterocycles. The summed E-state index contributed by atoms with van der Waals surface area (Å²) >= 11 is 0. The zero-order valence-corrected chi connectivity index (χ0v) is 9.37. The fourth-order valence-electron chi connectivity index (χ4n) is 2.80. The van der Waals surface area contributed by atoms with Crippen LogP contribution in [0.15, 0.2) is 0 Å². The van der Waals surface area contributed by atoms with E-state index in [0.717, 1.165) is 25.0 Å². The minimum atomic E-state index is 0.867. The van der Waals surface area contributed by atoms with Crippen molar-refractivity contribution in [1.29, 1.82) is 0 Å². The molecule has 2 rings (SSSR count). The Morgan fingerprint density at radius 1 is 1.00 bits per heavy atom. The van der Waals surface area contributed by atoms with E-state index in [1.165, 1.54) is 45.2 Å². The molecule has 0 aliphatic carbocycles. The van der Waals surface area contributed by atoms with Gasteiger partial charge in [0.2, 0.25) is 0 Å². The Morgan fingerprint density at radius 2 is 1.79 bits per heavy atom. The maximum absolute atomic E-state index is 5.67. The van der Waals surface area contributed by atoms with Gasteiger partial charge < -0.3 is 9.64 Å². The summed E-state index contributed by atoms with van der Waals surface area (Å²) in [5.74, 6) is 1.82. The van der Waals surface area contributed by atoms with Gasteiger partial charge in [-0.05, 0) is 57.7 Å². The van der Waals surface area contributed by atoms with Gasteiger partial charge in [-0.1, -0.05) is 6.42 Å². The van der Waals surface area contributed by atoms with E-state index in [-0.39, 0.29) is 0 Å². The lowest BCUT2D eigenvalue weighted by Crippen LogP contribution is -2.34. The van der Waals surface area contributed by atoms with Crippen molar-refractivity contribution in [2.75, 3.05) is 33.4 Å². The van der Waals surface area contributed by atoms with E-state index in [1.54, 1.807) is 0 Å². The van der Waals surface area contributed by atoms with Crippen LogP contribution in [0, 0.1) is 11.8 Å². The Labute approximate surface area is 87.6 Å². The van der Waals surface area contributed by atoms with Gasteiger partial charge in [-0.3, -0.25) is 0 Å². The van der Waals surface area contributed by atoms with Crippen LogP contribution in [-0.4, -0.2) is 38.3 Å². The van der Waals surface area contributed by atoms with Crippen molar-refractivity contribution in [1.82, 2.24) is 4.90 Å². The molecular formula is C12H23NO. The zero-order chi connectivity index (χ0) is 9.80. The highest BCUT2D eigenvalue weighted by Gasteiger charge is 2.26. The predicted octanol–water partition coefficient (Wildman–Crippen LogP) is 2.14. The standard InChI is InChI=1S/C12H23NO/c1-13-7-5-11(6-8-13)12-4-2-3-9-14-10-12/h11-12H,2-10H2,1H3. The summed E-state index contributed by atoms with van der Waals surface area (Å²) in [7, 11) is 2.24.